The van der Waals surface area contributed by atoms with Crippen molar-refractivity contribution in [1.82, 2.24) is 0 Å². The van der Waals surface area contributed by atoms with Crippen molar-refractivity contribution in [3.8, 4) is 0 Å². The van der Waals surface area contributed by atoms with Crippen LogP contribution in [0.4, 0.5) is 11.4 Å². The second kappa shape index (κ2) is 2.19. The van der Waals surface area contributed by atoms with E-state index in [0.717, 1.165) is 6.54 Å². The fraction of sp³-hybridized carbons (Fsp3) is 0.455. The summed E-state index contributed by atoms with van der Waals surface area (Å²) >= 11 is 0. The summed E-state index contributed by atoms with van der Waals surface area (Å²) in [6.45, 7) is 3.22. The largest absolute Gasteiger partial charge is 0.381 e. The Balaban J connectivity index is 2.00. The van der Waals surface area contributed by atoms with Gasteiger partial charge in [-0.1, -0.05) is 6.07 Å². The highest BCUT2D eigenvalue weighted by Crippen LogP contribution is 2.44. The molecule has 1 heterocycles. The lowest BCUT2D eigenvalue weighted by Gasteiger charge is -2.28. The van der Waals surface area contributed by atoms with Gasteiger partial charge in [-0.3, -0.25) is 0 Å². The summed E-state index contributed by atoms with van der Waals surface area (Å²) in [7, 11) is 0. The Morgan fingerprint density at radius 2 is 2.08 bits per heavy atom. The fourth-order valence-electron chi connectivity index (χ4n) is 1.96. The maximum Gasteiger partial charge on any atom is 0.0581 e. The number of rotatable bonds is 0. The van der Waals surface area contributed by atoms with E-state index in [1.54, 1.807) is 0 Å². The molecule has 3 rings (SSSR count). The van der Waals surface area contributed by atoms with Gasteiger partial charge < -0.3 is 10.6 Å². The van der Waals surface area contributed by atoms with E-state index < -0.39 is 0 Å². The Bertz CT molecular complexity index is 353. The Morgan fingerprint density at radius 3 is 2.85 bits per heavy atom. The third-order valence-corrected chi connectivity index (χ3v) is 3.05. The van der Waals surface area contributed by atoms with Gasteiger partial charge in [0.1, 0.15) is 0 Å². The maximum atomic E-state index is 3.61. The van der Waals surface area contributed by atoms with E-state index in [-0.39, 0.29) is 0 Å². The highest BCUT2D eigenvalue weighted by Gasteiger charge is 2.44. The summed E-state index contributed by atoms with van der Waals surface area (Å²) in [5.41, 5.74) is 4.26. The van der Waals surface area contributed by atoms with E-state index in [9.17, 15) is 0 Å². The first-order valence-electron chi connectivity index (χ1n) is 4.90. The quantitative estimate of drug-likeness (QED) is 0.631. The molecule has 1 aromatic carbocycles. The number of anilines is 2. The number of aryl methyl sites for hydroxylation is 1. The summed E-state index contributed by atoms with van der Waals surface area (Å²) in [5, 5.41) is 7.11. The van der Waals surface area contributed by atoms with Crippen molar-refractivity contribution in [2.45, 2.75) is 25.3 Å². The lowest BCUT2D eigenvalue weighted by atomic mass is 10.1. The van der Waals surface area contributed by atoms with Crippen LogP contribution >= 0.6 is 0 Å². The van der Waals surface area contributed by atoms with Crippen LogP contribution in [0.1, 0.15) is 18.4 Å². The molecule has 1 fully saturated rings. The molecule has 1 aliphatic heterocycles. The van der Waals surface area contributed by atoms with Gasteiger partial charge in [-0.25, -0.2) is 0 Å². The zero-order chi connectivity index (χ0) is 8.89. The average molecular weight is 174 g/mol. The highest BCUT2D eigenvalue weighted by molar-refractivity contribution is 5.73. The molecule has 0 amide bonds. The van der Waals surface area contributed by atoms with Crippen LogP contribution in [0.3, 0.4) is 0 Å². The van der Waals surface area contributed by atoms with Crippen LogP contribution in [0.25, 0.3) is 0 Å². The van der Waals surface area contributed by atoms with Crippen LogP contribution in [0, 0.1) is 6.92 Å². The summed E-state index contributed by atoms with van der Waals surface area (Å²) in [6, 6.07) is 6.55. The Morgan fingerprint density at radius 1 is 1.23 bits per heavy atom. The molecule has 0 atom stereocenters. The number of hydrogen-bond donors (Lipinski definition) is 2. The van der Waals surface area contributed by atoms with Gasteiger partial charge >= 0.3 is 0 Å². The standard InChI is InChI=1S/C11H14N2/c1-8-2-3-9-10(6-8)12-7-11(13-9)4-5-11/h2-3,6,12-13H,4-5,7H2,1H3. The summed E-state index contributed by atoms with van der Waals surface area (Å²) in [4.78, 5) is 0. The molecular weight excluding hydrogens is 160 g/mol. The van der Waals surface area contributed by atoms with Crippen molar-refractivity contribution in [2.75, 3.05) is 17.2 Å². The van der Waals surface area contributed by atoms with Gasteiger partial charge in [0, 0.05) is 6.54 Å². The molecule has 68 valence electrons. The van der Waals surface area contributed by atoms with Gasteiger partial charge in [-0.05, 0) is 37.5 Å². The average Bonchev–Trinajstić information content (AvgIpc) is 2.87. The Kier molecular flexibility index (Phi) is 1.22. The number of hydrogen-bond acceptors (Lipinski definition) is 2. The molecule has 1 aliphatic carbocycles. The molecule has 1 saturated carbocycles. The van der Waals surface area contributed by atoms with Crippen molar-refractivity contribution in [1.29, 1.82) is 0 Å². The van der Waals surface area contributed by atoms with Gasteiger partial charge in [-0.15, -0.1) is 0 Å². The molecule has 13 heavy (non-hydrogen) atoms. The first-order chi connectivity index (χ1) is 6.27. The lowest BCUT2D eigenvalue weighted by molar-refractivity contribution is 0.755. The molecule has 0 aromatic heterocycles. The minimum absolute atomic E-state index is 0.405. The maximum absolute atomic E-state index is 3.61. The van der Waals surface area contributed by atoms with E-state index in [0.29, 0.717) is 5.54 Å². The molecule has 0 unspecified atom stereocenters. The van der Waals surface area contributed by atoms with E-state index in [1.165, 1.54) is 29.8 Å². The Labute approximate surface area is 78.3 Å². The SMILES string of the molecule is Cc1ccc2c(c1)NCC1(CC1)N2. The second-order valence-corrected chi connectivity index (χ2v) is 4.31. The Hall–Kier alpha value is -1.18. The molecule has 0 saturated heterocycles. The zero-order valence-electron chi connectivity index (χ0n) is 7.85. The topological polar surface area (TPSA) is 24.1 Å². The second-order valence-electron chi connectivity index (χ2n) is 4.31. The fourth-order valence-corrected chi connectivity index (χ4v) is 1.96. The van der Waals surface area contributed by atoms with Gasteiger partial charge in [0.15, 0.2) is 0 Å². The lowest BCUT2D eigenvalue weighted by Crippen LogP contribution is -2.34. The first-order valence-corrected chi connectivity index (χ1v) is 4.90. The number of nitrogens with one attached hydrogen (secondary N) is 2. The van der Waals surface area contributed by atoms with E-state index in [4.69, 9.17) is 0 Å². The van der Waals surface area contributed by atoms with Crippen molar-refractivity contribution < 1.29 is 0 Å². The first kappa shape index (κ1) is 7.25. The molecule has 0 bridgehead atoms. The highest BCUT2D eigenvalue weighted by atomic mass is 15.1. The van der Waals surface area contributed by atoms with Crippen LogP contribution in [0.2, 0.25) is 0 Å². The smallest absolute Gasteiger partial charge is 0.0581 e. The molecule has 1 aromatic rings. The minimum Gasteiger partial charge on any atom is -0.381 e. The van der Waals surface area contributed by atoms with E-state index >= 15 is 0 Å². The van der Waals surface area contributed by atoms with Gasteiger partial charge in [0.2, 0.25) is 0 Å². The van der Waals surface area contributed by atoms with Gasteiger partial charge in [0.05, 0.1) is 16.9 Å². The molecule has 2 aliphatic rings. The van der Waals surface area contributed by atoms with E-state index in [2.05, 4.69) is 35.8 Å². The third kappa shape index (κ3) is 1.09. The molecule has 2 N–H and O–H groups in total. The molecule has 2 heteroatoms. The molecular formula is C11H14N2. The summed E-state index contributed by atoms with van der Waals surface area (Å²) in [6.07, 6.45) is 2.63. The van der Waals surface area contributed by atoms with Gasteiger partial charge in [-0.2, -0.15) is 0 Å². The van der Waals surface area contributed by atoms with Crippen molar-refractivity contribution >= 4 is 11.4 Å². The molecule has 2 nitrogen and oxygen atoms in total. The van der Waals surface area contributed by atoms with Crippen LogP contribution < -0.4 is 10.6 Å². The monoisotopic (exact) mass is 174 g/mol. The number of fused-ring (bicyclic) bond motifs is 1. The predicted octanol–water partition coefficient (Wildman–Crippen LogP) is 2.37. The third-order valence-electron chi connectivity index (χ3n) is 3.05. The van der Waals surface area contributed by atoms with Crippen LogP contribution in [0.15, 0.2) is 18.2 Å². The van der Waals surface area contributed by atoms with Crippen molar-refractivity contribution in [3.05, 3.63) is 23.8 Å². The van der Waals surface area contributed by atoms with Crippen molar-refractivity contribution in [3.63, 3.8) is 0 Å². The number of benzene rings is 1. The normalized spacial score (nSPS) is 21.6. The zero-order valence-corrected chi connectivity index (χ0v) is 7.85. The van der Waals surface area contributed by atoms with Crippen LogP contribution in [-0.4, -0.2) is 12.1 Å². The molecule has 0 radical (unpaired) electrons. The minimum atomic E-state index is 0.405. The van der Waals surface area contributed by atoms with Crippen molar-refractivity contribution in [2.24, 2.45) is 0 Å². The van der Waals surface area contributed by atoms with Crippen LogP contribution in [-0.2, 0) is 0 Å². The van der Waals surface area contributed by atoms with E-state index in [1.807, 2.05) is 0 Å². The van der Waals surface area contributed by atoms with Gasteiger partial charge in [0.25, 0.3) is 0 Å². The summed E-state index contributed by atoms with van der Waals surface area (Å²) in [5.74, 6) is 0. The molecule has 1 spiro atoms. The van der Waals surface area contributed by atoms with Crippen LogP contribution in [0.5, 0.6) is 0 Å². The summed E-state index contributed by atoms with van der Waals surface area (Å²) < 4.78 is 0. The predicted molar refractivity (Wildman–Crippen MR) is 55.3 cm³/mol.